The zero-order valence-corrected chi connectivity index (χ0v) is 20.5. The lowest BCUT2D eigenvalue weighted by molar-refractivity contribution is 0.187. The Balaban J connectivity index is 2.09. The summed E-state index contributed by atoms with van der Waals surface area (Å²) < 4.78 is 5.48. The summed E-state index contributed by atoms with van der Waals surface area (Å²) >= 11 is 1.90. The van der Waals surface area contributed by atoms with Gasteiger partial charge in [-0.1, -0.05) is 35.9 Å². The van der Waals surface area contributed by atoms with Gasteiger partial charge < -0.3 is 9.64 Å². The number of methoxy groups -OCH3 is 1. The van der Waals surface area contributed by atoms with E-state index in [1.54, 1.807) is 7.11 Å². The summed E-state index contributed by atoms with van der Waals surface area (Å²) in [5.74, 6) is 0. The zero-order valence-electron chi connectivity index (χ0n) is 19.6. The minimum atomic E-state index is 0.364. The first-order valence-electron chi connectivity index (χ1n) is 11.1. The van der Waals surface area contributed by atoms with Crippen molar-refractivity contribution in [3.8, 4) is 22.3 Å². The lowest BCUT2D eigenvalue weighted by Crippen LogP contribution is -2.31. The minimum absolute atomic E-state index is 0.364. The van der Waals surface area contributed by atoms with Gasteiger partial charge in [-0.2, -0.15) is 0 Å². The maximum Gasteiger partial charge on any atom is 0.0805 e. The highest BCUT2D eigenvalue weighted by molar-refractivity contribution is 7.12. The average Bonchev–Trinajstić information content (AvgIpc) is 3.17. The highest BCUT2D eigenvalue weighted by Gasteiger charge is 2.34. The molecule has 162 valence electrons. The molecule has 0 saturated carbocycles. The molecule has 1 aliphatic rings. The summed E-state index contributed by atoms with van der Waals surface area (Å²) in [6.07, 6.45) is 2.92. The van der Waals surface area contributed by atoms with Gasteiger partial charge in [-0.15, -0.1) is 17.9 Å². The third-order valence-corrected chi connectivity index (χ3v) is 7.91. The largest absolute Gasteiger partial charge is 0.379 e. The number of hydrogen-bond donors (Lipinski definition) is 0. The molecule has 0 aliphatic carbocycles. The summed E-state index contributed by atoms with van der Waals surface area (Å²) in [6, 6.07) is 11.7. The number of hydrogen-bond acceptors (Lipinski definition) is 3. The molecule has 1 aromatic heterocycles. The highest BCUT2D eigenvalue weighted by atomic mass is 32.1. The molecule has 2 nitrogen and oxygen atoms in total. The maximum atomic E-state index is 5.48. The van der Waals surface area contributed by atoms with Gasteiger partial charge in [0.1, 0.15) is 0 Å². The van der Waals surface area contributed by atoms with Gasteiger partial charge in [-0.25, -0.2) is 0 Å². The summed E-state index contributed by atoms with van der Waals surface area (Å²) in [5, 5.41) is 0. The van der Waals surface area contributed by atoms with Crippen LogP contribution in [0.1, 0.15) is 51.9 Å². The molecular weight excluding hydrogens is 398 g/mol. The van der Waals surface area contributed by atoms with Gasteiger partial charge in [0.2, 0.25) is 0 Å². The molecule has 2 heterocycles. The molecule has 0 radical (unpaired) electrons. The van der Waals surface area contributed by atoms with Crippen LogP contribution in [0.4, 0.5) is 5.69 Å². The Morgan fingerprint density at radius 1 is 1.10 bits per heavy atom. The molecule has 0 fully saturated rings. The fourth-order valence-electron chi connectivity index (χ4n) is 5.19. The molecule has 3 aromatic rings. The number of rotatable bonds is 6. The number of aryl methyl sites for hydroxylation is 1. The molecule has 0 spiro atoms. The van der Waals surface area contributed by atoms with Gasteiger partial charge in [-0.3, -0.25) is 0 Å². The van der Waals surface area contributed by atoms with Crippen LogP contribution in [0.15, 0.2) is 43.0 Å². The van der Waals surface area contributed by atoms with Gasteiger partial charge in [-0.05, 0) is 74.9 Å². The number of thiophene rings is 1. The van der Waals surface area contributed by atoms with E-state index in [0.717, 1.165) is 13.0 Å². The van der Waals surface area contributed by atoms with Gasteiger partial charge in [0.05, 0.1) is 12.6 Å². The molecular formula is C28H33NOS. The first-order chi connectivity index (χ1) is 14.9. The van der Waals surface area contributed by atoms with Crippen molar-refractivity contribution in [2.24, 2.45) is 0 Å². The second kappa shape index (κ2) is 8.64. The van der Waals surface area contributed by atoms with Crippen LogP contribution in [0.5, 0.6) is 0 Å². The molecule has 3 heteroatoms. The van der Waals surface area contributed by atoms with Gasteiger partial charge in [0.25, 0.3) is 0 Å². The third-order valence-electron chi connectivity index (χ3n) is 6.63. The fourth-order valence-corrected chi connectivity index (χ4v) is 6.39. The van der Waals surface area contributed by atoms with Crippen molar-refractivity contribution in [3.05, 3.63) is 75.0 Å². The van der Waals surface area contributed by atoms with E-state index in [4.69, 9.17) is 4.74 Å². The lowest BCUT2D eigenvalue weighted by Gasteiger charge is -2.39. The SMILES string of the molecule is C=CCc1c(C)c2c(c(C)c1-c1ccc(C)cc1)-c1cc(COC)sc1C(C)N2CC. The Bertz CT molecular complexity index is 1120. The van der Waals surface area contributed by atoms with E-state index in [1.807, 2.05) is 17.4 Å². The molecule has 1 atom stereocenters. The lowest BCUT2D eigenvalue weighted by atomic mass is 9.80. The Morgan fingerprint density at radius 3 is 2.42 bits per heavy atom. The molecule has 1 aliphatic heterocycles. The van der Waals surface area contributed by atoms with E-state index in [0.29, 0.717) is 12.6 Å². The van der Waals surface area contributed by atoms with Crippen molar-refractivity contribution in [2.45, 2.75) is 53.7 Å². The van der Waals surface area contributed by atoms with E-state index < -0.39 is 0 Å². The second-order valence-electron chi connectivity index (χ2n) is 8.57. The number of fused-ring (bicyclic) bond motifs is 3. The number of nitrogens with zero attached hydrogens (tertiary/aromatic N) is 1. The van der Waals surface area contributed by atoms with Crippen molar-refractivity contribution in [1.82, 2.24) is 0 Å². The summed E-state index contributed by atoms with van der Waals surface area (Å²) in [6.45, 7) is 17.1. The molecule has 1 unspecified atom stereocenters. The van der Waals surface area contributed by atoms with E-state index >= 15 is 0 Å². The van der Waals surface area contributed by atoms with Crippen LogP contribution in [0.25, 0.3) is 22.3 Å². The molecule has 0 N–H and O–H groups in total. The van der Waals surface area contributed by atoms with Gasteiger partial charge in [0, 0.05) is 40.2 Å². The smallest absolute Gasteiger partial charge is 0.0805 e. The second-order valence-corrected chi connectivity index (χ2v) is 9.74. The van der Waals surface area contributed by atoms with Crippen molar-refractivity contribution in [2.75, 3.05) is 18.6 Å². The van der Waals surface area contributed by atoms with E-state index in [9.17, 15) is 0 Å². The normalized spacial score (nSPS) is 15.0. The topological polar surface area (TPSA) is 12.5 Å². The first kappa shape index (κ1) is 21.9. The van der Waals surface area contributed by atoms with Crippen LogP contribution in [0.2, 0.25) is 0 Å². The van der Waals surface area contributed by atoms with Gasteiger partial charge in [0.15, 0.2) is 0 Å². The maximum absolute atomic E-state index is 5.48. The van der Waals surface area contributed by atoms with Crippen molar-refractivity contribution < 1.29 is 4.74 Å². The molecule has 4 rings (SSSR count). The van der Waals surface area contributed by atoms with Crippen LogP contribution in [0, 0.1) is 20.8 Å². The Hall–Kier alpha value is -2.36. The highest BCUT2D eigenvalue weighted by Crippen LogP contribution is 2.53. The quantitative estimate of drug-likeness (QED) is 0.369. The molecule has 0 bridgehead atoms. The molecule has 0 saturated heterocycles. The van der Waals surface area contributed by atoms with E-state index in [-0.39, 0.29) is 0 Å². The summed E-state index contributed by atoms with van der Waals surface area (Å²) in [5.41, 5.74) is 12.3. The van der Waals surface area contributed by atoms with Crippen molar-refractivity contribution in [3.63, 3.8) is 0 Å². The van der Waals surface area contributed by atoms with Crippen LogP contribution in [0.3, 0.4) is 0 Å². The standard InChI is InChI=1S/C28H33NOS/c1-8-10-23-18(4)27-26(19(5)25(23)21-13-11-17(3)12-14-21)24-15-22(16-30-7)31-28(24)20(6)29(27)9-2/h8,11-15,20H,1,9-10,16H2,2-7H3. The molecule has 0 amide bonds. The Morgan fingerprint density at radius 2 is 1.81 bits per heavy atom. The number of ether oxygens (including phenoxy) is 1. The molecule has 2 aromatic carbocycles. The van der Waals surface area contributed by atoms with Crippen LogP contribution < -0.4 is 4.90 Å². The Kier molecular flexibility index (Phi) is 6.09. The predicted octanol–water partition coefficient (Wildman–Crippen LogP) is 7.78. The van der Waals surface area contributed by atoms with Crippen LogP contribution >= 0.6 is 11.3 Å². The van der Waals surface area contributed by atoms with Crippen LogP contribution in [-0.4, -0.2) is 13.7 Å². The monoisotopic (exact) mass is 431 g/mol. The predicted molar refractivity (Wildman–Crippen MR) is 135 cm³/mol. The zero-order chi connectivity index (χ0) is 22.3. The van der Waals surface area contributed by atoms with Crippen molar-refractivity contribution >= 4 is 17.0 Å². The fraction of sp³-hybridized carbons (Fsp3) is 0.357. The number of anilines is 1. The molecule has 31 heavy (non-hydrogen) atoms. The third kappa shape index (κ3) is 3.54. The summed E-state index contributed by atoms with van der Waals surface area (Å²) in [7, 11) is 1.78. The van der Waals surface area contributed by atoms with Gasteiger partial charge >= 0.3 is 0 Å². The number of allylic oxidation sites excluding steroid dienone is 1. The van der Waals surface area contributed by atoms with E-state index in [2.05, 4.69) is 76.4 Å². The average molecular weight is 432 g/mol. The van der Waals surface area contributed by atoms with E-state index in [1.165, 1.54) is 59.9 Å². The minimum Gasteiger partial charge on any atom is -0.379 e. The van der Waals surface area contributed by atoms with Crippen molar-refractivity contribution in [1.29, 1.82) is 0 Å². The number of benzene rings is 2. The first-order valence-corrected chi connectivity index (χ1v) is 12.0. The Labute approximate surface area is 191 Å². The summed E-state index contributed by atoms with van der Waals surface area (Å²) in [4.78, 5) is 5.33. The van der Waals surface area contributed by atoms with Crippen LogP contribution in [-0.2, 0) is 17.8 Å².